The van der Waals surface area contributed by atoms with Crippen molar-refractivity contribution in [1.29, 1.82) is 0 Å². The van der Waals surface area contributed by atoms with Crippen molar-refractivity contribution < 1.29 is 32.6 Å². The van der Waals surface area contributed by atoms with Gasteiger partial charge in [-0.3, -0.25) is 14.6 Å². The van der Waals surface area contributed by atoms with Crippen molar-refractivity contribution in [3.05, 3.63) is 83.9 Å². The molecular formula is C32H35ClN2O7S. The van der Waals surface area contributed by atoms with Crippen LogP contribution >= 0.6 is 12.4 Å². The van der Waals surface area contributed by atoms with Gasteiger partial charge in [-0.05, 0) is 85.5 Å². The van der Waals surface area contributed by atoms with E-state index in [4.69, 9.17) is 14.6 Å². The molecule has 0 spiro atoms. The van der Waals surface area contributed by atoms with Gasteiger partial charge in [0.1, 0.15) is 5.75 Å². The van der Waals surface area contributed by atoms with Crippen molar-refractivity contribution in [2.45, 2.75) is 30.2 Å². The molecule has 43 heavy (non-hydrogen) atoms. The van der Waals surface area contributed by atoms with E-state index >= 15 is 0 Å². The van der Waals surface area contributed by atoms with Gasteiger partial charge in [0.2, 0.25) is 0 Å². The zero-order valence-electron chi connectivity index (χ0n) is 23.8. The lowest BCUT2D eigenvalue weighted by atomic mass is 10.0. The highest BCUT2D eigenvalue weighted by atomic mass is 35.5. The van der Waals surface area contributed by atoms with Crippen molar-refractivity contribution in [2.24, 2.45) is 0 Å². The minimum Gasteiger partial charge on any atom is -0.482 e. The second-order valence-corrected chi connectivity index (χ2v) is 12.6. The summed E-state index contributed by atoms with van der Waals surface area (Å²) in [4.78, 5) is 29.0. The summed E-state index contributed by atoms with van der Waals surface area (Å²) < 4.78 is 37.3. The first-order valence-corrected chi connectivity index (χ1v) is 15.5. The number of anilines is 1. The number of carboxylic acids is 1. The number of carbonyl (C=O) groups is 2. The summed E-state index contributed by atoms with van der Waals surface area (Å²) in [7, 11) is -1.61. The molecular weight excluding hydrogens is 592 g/mol. The Hall–Kier alpha value is -3.70. The van der Waals surface area contributed by atoms with E-state index in [1.54, 1.807) is 53.4 Å². The number of halogens is 1. The lowest BCUT2D eigenvalue weighted by Crippen LogP contribution is -2.46. The smallest absolute Gasteiger partial charge is 0.341 e. The summed E-state index contributed by atoms with van der Waals surface area (Å²) in [6.45, 7) is 1.30. The van der Waals surface area contributed by atoms with Gasteiger partial charge in [0, 0.05) is 30.5 Å². The van der Waals surface area contributed by atoms with Crippen molar-refractivity contribution in [3.8, 4) is 16.9 Å². The SMILES string of the molecule is CN(CN(C(=O)C1=Cc2cc(-c3ccc(OCC(=O)O)cc3)ccc2S(=O)(=O)CC1)c1ccccc1)C1CCOCC1.Cl. The molecule has 2 aliphatic rings. The van der Waals surface area contributed by atoms with Gasteiger partial charge in [0.15, 0.2) is 16.4 Å². The van der Waals surface area contributed by atoms with Crippen LogP contribution in [0.2, 0.25) is 0 Å². The first-order valence-electron chi connectivity index (χ1n) is 13.9. The Balaban J connectivity index is 0.00000423. The number of rotatable bonds is 9. The number of carbonyl (C=O) groups excluding carboxylic acids is 1. The molecule has 3 aromatic carbocycles. The van der Waals surface area contributed by atoms with Gasteiger partial charge < -0.3 is 14.6 Å². The molecule has 0 radical (unpaired) electrons. The van der Waals surface area contributed by atoms with E-state index in [1.807, 2.05) is 37.4 Å². The number of hydrogen-bond donors (Lipinski definition) is 1. The average molecular weight is 627 g/mol. The molecule has 2 heterocycles. The number of hydrogen-bond acceptors (Lipinski definition) is 7. The Morgan fingerprint density at radius 1 is 0.977 bits per heavy atom. The monoisotopic (exact) mass is 626 g/mol. The summed E-state index contributed by atoms with van der Waals surface area (Å²) in [5.41, 5.74) is 3.19. The largest absolute Gasteiger partial charge is 0.482 e. The fourth-order valence-corrected chi connectivity index (χ4v) is 6.77. The second kappa shape index (κ2) is 14.2. The highest BCUT2D eigenvalue weighted by Crippen LogP contribution is 2.32. The minimum absolute atomic E-state index is 0. The van der Waals surface area contributed by atoms with E-state index in [0.717, 1.165) is 29.7 Å². The molecule has 3 aromatic rings. The second-order valence-electron chi connectivity index (χ2n) is 10.5. The lowest BCUT2D eigenvalue weighted by Gasteiger charge is -2.35. The van der Waals surface area contributed by atoms with Crippen LogP contribution < -0.4 is 9.64 Å². The topological polar surface area (TPSA) is 113 Å². The first-order chi connectivity index (χ1) is 20.2. The third-order valence-electron chi connectivity index (χ3n) is 7.63. The molecule has 0 aromatic heterocycles. The molecule has 0 bridgehead atoms. The van der Waals surface area contributed by atoms with Crippen LogP contribution in [0.3, 0.4) is 0 Å². The highest BCUT2D eigenvalue weighted by molar-refractivity contribution is 7.91. The van der Waals surface area contributed by atoms with Crippen LogP contribution in [-0.4, -0.2) is 75.6 Å². The molecule has 9 nitrogen and oxygen atoms in total. The van der Waals surface area contributed by atoms with Crippen LogP contribution in [0.1, 0.15) is 24.8 Å². The normalized spacial score (nSPS) is 16.3. The third-order valence-corrected chi connectivity index (χ3v) is 9.41. The van der Waals surface area contributed by atoms with Crippen molar-refractivity contribution in [3.63, 3.8) is 0 Å². The molecule has 5 rings (SSSR count). The van der Waals surface area contributed by atoms with Crippen LogP contribution in [0, 0.1) is 0 Å². The molecule has 1 saturated heterocycles. The zero-order valence-corrected chi connectivity index (χ0v) is 25.5. The van der Waals surface area contributed by atoms with Gasteiger partial charge in [0.25, 0.3) is 5.91 Å². The predicted octanol–water partition coefficient (Wildman–Crippen LogP) is 4.90. The van der Waals surface area contributed by atoms with Gasteiger partial charge in [-0.1, -0.05) is 36.4 Å². The molecule has 1 amide bonds. The Labute approximate surface area is 258 Å². The predicted molar refractivity (Wildman–Crippen MR) is 167 cm³/mol. The standard InChI is InChI=1S/C32H34N2O7S.ClH/c1-33(27-13-16-40-17-14-27)22-34(28-5-3-2-4-6-28)32(37)25-15-18-42(38,39)30-12-9-24(19-26(30)20-25)23-7-10-29(11-8-23)41-21-31(35)36;/h2-12,19-20,27H,13-18,21-22H2,1H3,(H,35,36);1H. The zero-order chi connectivity index (χ0) is 29.7. The first kappa shape index (κ1) is 32.2. The van der Waals surface area contributed by atoms with Gasteiger partial charge in [0.05, 0.1) is 17.3 Å². The summed E-state index contributed by atoms with van der Waals surface area (Å²) in [5.74, 6) is -1.04. The molecule has 228 valence electrons. The van der Waals surface area contributed by atoms with E-state index in [1.165, 1.54) is 0 Å². The van der Waals surface area contributed by atoms with E-state index in [0.29, 0.717) is 36.8 Å². The summed E-state index contributed by atoms with van der Waals surface area (Å²) >= 11 is 0. The Bertz CT molecular complexity index is 1570. The molecule has 0 unspecified atom stereocenters. The van der Waals surface area contributed by atoms with Crippen molar-refractivity contribution >= 4 is 45.9 Å². The fourth-order valence-electron chi connectivity index (χ4n) is 5.30. The Morgan fingerprint density at radius 3 is 2.33 bits per heavy atom. The number of para-hydroxylation sites is 1. The van der Waals surface area contributed by atoms with E-state index in [2.05, 4.69) is 4.90 Å². The van der Waals surface area contributed by atoms with Gasteiger partial charge in [-0.2, -0.15) is 0 Å². The molecule has 2 aliphatic heterocycles. The fraction of sp³-hybridized carbons (Fsp3) is 0.312. The molecule has 0 atom stereocenters. The Kier molecular flexibility index (Phi) is 10.6. The molecule has 1 fully saturated rings. The van der Waals surface area contributed by atoms with Crippen LogP contribution in [0.4, 0.5) is 5.69 Å². The van der Waals surface area contributed by atoms with Crippen LogP contribution in [0.25, 0.3) is 17.2 Å². The lowest BCUT2D eigenvalue weighted by molar-refractivity contribution is -0.139. The Morgan fingerprint density at radius 2 is 1.65 bits per heavy atom. The van der Waals surface area contributed by atoms with Crippen LogP contribution in [0.15, 0.2) is 83.3 Å². The van der Waals surface area contributed by atoms with Gasteiger partial charge >= 0.3 is 5.97 Å². The number of benzene rings is 3. The third kappa shape index (κ3) is 7.83. The maximum Gasteiger partial charge on any atom is 0.341 e. The molecule has 11 heteroatoms. The van der Waals surface area contributed by atoms with Gasteiger partial charge in [-0.25, -0.2) is 13.2 Å². The number of sulfone groups is 1. The van der Waals surface area contributed by atoms with E-state index in [-0.39, 0.29) is 41.4 Å². The quantitative estimate of drug-likeness (QED) is 0.334. The number of fused-ring (bicyclic) bond motifs is 1. The molecule has 1 N–H and O–H groups in total. The van der Waals surface area contributed by atoms with Crippen molar-refractivity contribution in [1.82, 2.24) is 4.90 Å². The van der Waals surface area contributed by atoms with E-state index in [9.17, 15) is 18.0 Å². The maximum atomic E-state index is 14.1. The number of ether oxygens (including phenoxy) is 2. The van der Waals surface area contributed by atoms with Crippen LogP contribution in [0.5, 0.6) is 5.75 Å². The van der Waals surface area contributed by atoms with Gasteiger partial charge in [-0.15, -0.1) is 12.4 Å². The number of carboxylic acid groups (broad SMARTS) is 1. The number of nitrogens with zero attached hydrogens (tertiary/aromatic N) is 2. The highest BCUT2D eigenvalue weighted by Gasteiger charge is 2.29. The summed E-state index contributed by atoms with van der Waals surface area (Å²) in [6.07, 6.45) is 3.58. The van der Waals surface area contributed by atoms with E-state index < -0.39 is 22.4 Å². The summed E-state index contributed by atoms with van der Waals surface area (Å²) in [6, 6.07) is 21.7. The maximum absolute atomic E-state index is 14.1. The minimum atomic E-state index is -3.62. The molecule has 0 saturated carbocycles. The summed E-state index contributed by atoms with van der Waals surface area (Å²) in [5, 5.41) is 8.83. The number of amides is 1. The molecule has 0 aliphatic carbocycles. The van der Waals surface area contributed by atoms with Crippen LogP contribution in [-0.2, 0) is 24.2 Å². The van der Waals surface area contributed by atoms with Crippen molar-refractivity contribution in [2.75, 3.05) is 44.2 Å². The average Bonchev–Trinajstić information content (AvgIpc) is 3.14. The number of aliphatic carboxylic acids is 1.